The molecule has 0 saturated heterocycles. The van der Waals surface area contributed by atoms with Crippen molar-refractivity contribution < 1.29 is 13.2 Å². The summed E-state index contributed by atoms with van der Waals surface area (Å²) in [6.07, 6.45) is 1.78. The van der Waals surface area contributed by atoms with E-state index in [-0.39, 0.29) is 16.6 Å². The Balaban J connectivity index is 1.67. The monoisotopic (exact) mass is 719 g/mol. The molecule has 0 unspecified atom stereocenters. The molecule has 0 aromatic heterocycles. The largest absolute Gasteiger partial charge is 0.320 e. The molecule has 0 aliphatic carbocycles. The number of rotatable bonds is 4. The molecule has 1 amide bonds. The Morgan fingerprint density at radius 3 is 2.31 bits per heavy atom. The summed E-state index contributed by atoms with van der Waals surface area (Å²) in [5.74, 6) is -0.385. The van der Waals surface area contributed by atoms with Gasteiger partial charge in [0.15, 0.2) is 9.84 Å². The lowest BCUT2D eigenvalue weighted by Crippen LogP contribution is -2.17. The van der Waals surface area contributed by atoms with Gasteiger partial charge in [0, 0.05) is 22.8 Å². The third-order valence-electron chi connectivity index (χ3n) is 4.65. The number of sulfone groups is 1. The van der Waals surface area contributed by atoms with Crippen LogP contribution >= 0.6 is 75.5 Å². The number of carbonyl (C=O) groups excluding carboxylic acids is 1. The molecule has 1 heterocycles. The highest BCUT2D eigenvalue weighted by Gasteiger charge is 2.25. The van der Waals surface area contributed by atoms with E-state index < -0.39 is 9.84 Å². The van der Waals surface area contributed by atoms with E-state index in [2.05, 4.69) is 69.0 Å². The predicted molar refractivity (Wildman–Crippen MR) is 143 cm³/mol. The molecule has 0 fully saturated rings. The van der Waals surface area contributed by atoms with Crippen LogP contribution in [0.15, 0.2) is 87.2 Å². The molecule has 4 rings (SSSR count). The minimum absolute atomic E-state index is 0.153. The van der Waals surface area contributed by atoms with Crippen molar-refractivity contribution in [3.05, 3.63) is 88.5 Å². The Morgan fingerprint density at radius 2 is 1.62 bits per heavy atom. The summed E-state index contributed by atoms with van der Waals surface area (Å²) in [6, 6.07) is 15.9. The zero-order chi connectivity index (χ0) is 23.0. The van der Waals surface area contributed by atoms with Crippen molar-refractivity contribution in [2.24, 2.45) is 0 Å². The molecule has 0 saturated carbocycles. The SMILES string of the molecule is O=C1Nc2ccc(S(=O)(=O)Cc3c(Br)cccc3Br)cc2S/C1=C/c1ccc(Br)cc1Br. The lowest BCUT2D eigenvalue weighted by Gasteiger charge is -2.20. The van der Waals surface area contributed by atoms with Crippen LogP contribution in [-0.2, 0) is 20.4 Å². The summed E-state index contributed by atoms with van der Waals surface area (Å²) < 4.78 is 29.5. The van der Waals surface area contributed by atoms with Gasteiger partial charge in [-0.05, 0) is 59.7 Å². The Labute approximate surface area is 223 Å². The van der Waals surface area contributed by atoms with Crippen LogP contribution in [0.1, 0.15) is 11.1 Å². The standard InChI is InChI=1S/C22H13Br4NO3S2/c23-13-5-4-12(18(26)9-13)8-21-22(28)27-19-7-6-14(10-20(19)31-21)32(29,30)11-15-16(24)2-1-3-17(15)25/h1-10H,11H2,(H,27,28)/b21-8+. The second-order valence-corrected chi connectivity index (χ2v) is 13.4. The van der Waals surface area contributed by atoms with Gasteiger partial charge in [-0.25, -0.2) is 8.42 Å². The first-order valence-corrected chi connectivity index (χ1v) is 14.7. The normalized spacial score (nSPS) is 14.9. The van der Waals surface area contributed by atoms with Gasteiger partial charge in [-0.15, -0.1) is 0 Å². The molecule has 3 aromatic rings. The Bertz CT molecular complexity index is 1370. The van der Waals surface area contributed by atoms with Crippen molar-refractivity contribution in [1.82, 2.24) is 0 Å². The molecular formula is C22H13Br4NO3S2. The number of thioether (sulfide) groups is 1. The first-order chi connectivity index (χ1) is 15.1. The van der Waals surface area contributed by atoms with Gasteiger partial charge in [-0.1, -0.05) is 87.6 Å². The van der Waals surface area contributed by atoms with E-state index in [1.807, 2.05) is 36.4 Å². The Morgan fingerprint density at radius 1 is 0.906 bits per heavy atom. The summed E-state index contributed by atoms with van der Waals surface area (Å²) in [7, 11) is -3.61. The summed E-state index contributed by atoms with van der Waals surface area (Å²) in [5.41, 5.74) is 2.09. The molecule has 0 radical (unpaired) electrons. The third kappa shape index (κ3) is 5.26. The van der Waals surface area contributed by atoms with Gasteiger partial charge in [0.2, 0.25) is 0 Å². The lowest BCUT2D eigenvalue weighted by molar-refractivity contribution is -0.112. The van der Waals surface area contributed by atoms with E-state index in [0.29, 0.717) is 21.1 Å². The topological polar surface area (TPSA) is 63.2 Å². The second kappa shape index (κ2) is 9.76. The van der Waals surface area contributed by atoms with E-state index in [9.17, 15) is 13.2 Å². The van der Waals surface area contributed by atoms with Crippen LogP contribution in [0.25, 0.3) is 6.08 Å². The number of halogens is 4. The summed E-state index contributed by atoms with van der Waals surface area (Å²) in [6.45, 7) is 0. The van der Waals surface area contributed by atoms with Crippen molar-refractivity contribution in [2.45, 2.75) is 15.5 Å². The van der Waals surface area contributed by atoms with Gasteiger partial charge in [0.05, 0.1) is 21.2 Å². The third-order valence-corrected chi connectivity index (χ3v) is 10.0. The summed E-state index contributed by atoms with van der Waals surface area (Å²) in [4.78, 5) is 13.9. The number of hydrogen-bond acceptors (Lipinski definition) is 4. The molecule has 1 N–H and O–H groups in total. The van der Waals surface area contributed by atoms with Gasteiger partial charge in [-0.3, -0.25) is 4.79 Å². The van der Waals surface area contributed by atoms with E-state index in [1.165, 1.54) is 17.8 Å². The lowest BCUT2D eigenvalue weighted by atomic mass is 10.2. The van der Waals surface area contributed by atoms with Crippen LogP contribution < -0.4 is 5.32 Å². The fourth-order valence-corrected chi connectivity index (χ4v) is 8.33. The number of hydrogen-bond donors (Lipinski definition) is 1. The molecule has 1 aliphatic heterocycles. The van der Waals surface area contributed by atoms with E-state index >= 15 is 0 Å². The van der Waals surface area contributed by atoms with Crippen molar-refractivity contribution in [1.29, 1.82) is 0 Å². The minimum Gasteiger partial charge on any atom is -0.320 e. The number of benzene rings is 3. The Hall–Kier alpha value is -0.910. The molecule has 0 spiro atoms. The first-order valence-electron chi connectivity index (χ1n) is 9.10. The van der Waals surface area contributed by atoms with Crippen molar-refractivity contribution in [3.8, 4) is 0 Å². The second-order valence-electron chi connectivity index (χ2n) is 6.85. The van der Waals surface area contributed by atoms with E-state index in [1.54, 1.807) is 18.2 Å². The molecule has 1 aliphatic rings. The van der Waals surface area contributed by atoms with Crippen LogP contribution in [0.2, 0.25) is 0 Å². The van der Waals surface area contributed by atoms with Crippen molar-refractivity contribution in [3.63, 3.8) is 0 Å². The number of amides is 1. The van der Waals surface area contributed by atoms with Crippen LogP contribution in [-0.4, -0.2) is 14.3 Å². The van der Waals surface area contributed by atoms with E-state index in [4.69, 9.17) is 0 Å². The molecule has 32 heavy (non-hydrogen) atoms. The fourth-order valence-electron chi connectivity index (χ4n) is 3.03. The quantitative estimate of drug-likeness (QED) is 0.280. The highest BCUT2D eigenvalue weighted by Crippen LogP contribution is 2.41. The van der Waals surface area contributed by atoms with Crippen LogP contribution in [0.5, 0.6) is 0 Å². The van der Waals surface area contributed by atoms with E-state index in [0.717, 1.165) is 23.5 Å². The van der Waals surface area contributed by atoms with Crippen LogP contribution in [0.4, 0.5) is 5.69 Å². The first kappa shape index (κ1) is 24.2. The molecule has 0 bridgehead atoms. The number of nitrogens with one attached hydrogen (secondary N) is 1. The average Bonchev–Trinajstić information content (AvgIpc) is 2.73. The van der Waals surface area contributed by atoms with Crippen molar-refractivity contribution in [2.75, 3.05) is 5.32 Å². The van der Waals surface area contributed by atoms with Gasteiger partial charge in [0.25, 0.3) is 5.91 Å². The highest BCUT2D eigenvalue weighted by molar-refractivity contribution is 9.11. The zero-order valence-corrected chi connectivity index (χ0v) is 24.0. The predicted octanol–water partition coefficient (Wildman–Crippen LogP) is 7.80. The maximum Gasteiger partial charge on any atom is 0.262 e. The zero-order valence-electron chi connectivity index (χ0n) is 16.0. The van der Waals surface area contributed by atoms with Gasteiger partial charge in [0.1, 0.15) is 0 Å². The number of fused-ring (bicyclic) bond motifs is 1. The summed E-state index contributed by atoms with van der Waals surface area (Å²) >= 11 is 15.0. The Kier molecular flexibility index (Phi) is 7.38. The van der Waals surface area contributed by atoms with Gasteiger partial charge in [-0.2, -0.15) is 0 Å². The minimum atomic E-state index is -3.61. The molecule has 10 heteroatoms. The highest BCUT2D eigenvalue weighted by atomic mass is 79.9. The molecule has 164 valence electrons. The number of anilines is 1. The average molecular weight is 723 g/mol. The smallest absolute Gasteiger partial charge is 0.262 e. The van der Waals surface area contributed by atoms with Crippen molar-refractivity contribution >= 4 is 103 Å². The summed E-state index contributed by atoms with van der Waals surface area (Å²) in [5, 5.41) is 2.85. The van der Waals surface area contributed by atoms with Crippen LogP contribution in [0, 0.1) is 0 Å². The molecule has 0 atom stereocenters. The maximum atomic E-state index is 13.1. The van der Waals surface area contributed by atoms with Crippen LogP contribution in [0.3, 0.4) is 0 Å². The van der Waals surface area contributed by atoms with Gasteiger partial charge < -0.3 is 5.32 Å². The van der Waals surface area contributed by atoms with Gasteiger partial charge >= 0.3 is 0 Å². The molecular weight excluding hydrogens is 710 g/mol. The molecule has 4 nitrogen and oxygen atoms in total. The number of carbonyl (C=O) groups is 1. The maximum absolute atomic E-state index is 13.1. The fraction of sp³-hybridized carbons (Fsp3) is 0.0455. The molecule has 3 aromatic carbocycles.